The smallest absolute Gasteiger partial charge is 0.355 e. The molecule has 5 rings (SSSR count). The van der Waals surface area contributed by atoms with Crippen molar-refractivity contribution < 1.29 is 17.6 Å². The number of piperazine rings is 1. The van der Waals surface area contributed by atoms with Crippen LogP contribution in [0.4, 0.5) is 15.9 Å². The summed E-state index contributed by atoms with van der Waals surface area (Å²) in [5, 5.41) is 4.25. The Labute approximate surface area is 247 Å². The minimum absolute atomic E-state index is 0.00784. The Morgan fingerprint density at radius 1 is 1.26 bits per heavy atom. The minimum atomic E-state index is -3.87. The summed E-state index contributed by atoms with van der Waals surface area (Å²) in [7, 11) is -2.30. The number of aryl methyl sites for hydroxylation is 1. The van der Waals surface area contributed by atoms with Crippen LogP contribution in [0.2, 0.25) is 0 Å². The zero-order chi connectivity index (χ0) is 31.4. The summed E-state index contributed by atoms with van der Waals surface area (Å²) < 4.78 is 44.4. The van der Waals surface area contributed by atoms with Gasteiger partial charge in [-0.25, -0.2) is 27.2 Å². The van der Waals surface area contributed by atoms with Gasteiger partial charge in [0.15, 0.2) is 21.3 Å². The molecular formula is C28H32FN9O4S. The summed E-state index contributed by atoms with van der Waals surface area (Å²) in [6.07, 6.45) is 5.00. The van der Waals surface area contributed by atoms with Crippen LogP contribution in [0.3, 0.4) is 0 Å². The Morgan fingerprint density at radius 2 is 1.98 bits per heavy atom. The van der Waals surface area contributed by atoms with E-state index in [1.165, 1.54) is 35.3 Å². The van der Waals surface area contributed by atoms with Gasteiger partial charge in [0.2, 0.25) is 5.91 Å². The van der Waals surface area contributed by atoms with Gasteiger partial charge in [-0.05, 0) is 31.1 Å². The van der Waals surface area contributed by atoms with Crippen molar-refractivity contribution in [1.82, 2.24) is 34.2 Å². The van der Waals surface area contributed by atoms with E-state index in [4.69, 9.17) is 5.73 Å². The maximum atomic E-state index is 15.9. The van der Waals surface area contributed by atoms with Crippen LogP contribution in [0, 0.1) is 5.82 Å². The molecule has 1 aliphatic rings. The SMILES string of the molecule is C=CC(=O)N1CCN(c2nc(=O)n(-c3c(S(C)(=O)=O)ccnc3C(C)C)c3nc(-c4c(N)cnn4C)c(F)cc23)[C@@H](C)C1. The molecular weight excluding hydrogens is 577 g/mol. The lowest BCUT2D eigenvalue weighted by Crippen LogP contribution is -2.54. The summed E-state index contributed by atoms with van der Waals surface area (Å²) in [5.41, 5.74) is 5.72. The molecule has 1 amide bonds. The number of anilines is 2. The van der Waals surface area contributed by atoms with Crippen LogP contribution in [-0.2, 0) is 21.7 Å². The van der Waals surface area contributed by atoms with Crippen molar-refractivity contribution in [2.75, 3.05) is 36.5 Å². The molecule has 43 heavy (non-hydrogen) atoms. The lowest BCUT2D eigenvalue weighted by Gasteiger charge is -2.40. The van der Waals surface area contributed by atoms with Crippen molar-refractivity contribution in [3.8, 4) is 17.1 Å². The Balaban J connectivity index is 1.88. The number of carbonyl (C=O) groups is 1. The van der Waals surface area contributed by atoms with E-state index in [9.17, 15) is 18.0 Å². The van der Waals surface area contributed by atoms with Gasteiger partial charge < -0.3 is 15.5 Å². The maximum absolute atomic E-state index is 15.9. The Kier molecular flexibility index (Phi) is 7.54. The third-order valence-corrected chi connectivity index (χ3v) is 8.59. The topological polar surface area (TPSA) is 162 Å². The third kappa shape index (κ3) is 5.13. The van der Waals surface area contributed by atoms with Gasteiger partial charge in [-0.15, -0.1) is 0 Å². The molecule has 0 saturated carbocycles. The highest BCUT2D eigenvalue weighted by Gasteiger charge is 2.32. The highest BCUT2D eigenvalue weighted by atomic mass is 32.2. The molecule has 0 spiro atoms. The van der Waals surface area contributed by atoms with Gasteiger partial charge >= 0.3 is 5.69 Å². The van der Waals surface area contributed by atoms with Crippen LogP contribution >= 0.6 is 0 Å². The summed E-state index contributed by atoms with van der Waals surface area (Å²) in [6.45, 7) is 9.96. The molecule has 1 saturated heterocycles. The van der Waals surface area contributed by atoms with Gasteiger partial charge in [-0.3, -0.25) is 14.5 Å². The van der Waals surface area contributed by atoms with Gasteiger partial charge in [0.05, 0.1) is 33.5 Å². The number of pyridine rings is 2. The lowest BCUT2D eigenvalue weighted by atomic mass is 10.1. The molecule has 0 unspecified atom stereocenters. The summed E-state index contributed by atoms with van der Waals surface area (Å²) in [4.78, 5) is 43.0. The molecule has 0 aromatic carbocycles. The van der Waals surface area contributed by atoms with Crippen LogP contribution in [0.25, 0.3) is 28.1 Å². The molecule has 4 aromatic rings. The van der Waals surface area contributed by atoms with E-state index >= 15 is 4.39 Å². The number of hydrogen-bond acceptors (Lipinski definition) is 10. The summed E-state index contributed by atoms with van der Waals surface area (Å²) in [6, 6.07) is 2.21. The summed E-state index contributed by atoms with van der Waals surface area (Å²) >= 11 is 0. The fourth-order valence-electron chi connectivity index (χ4n) is 5.44. The number of sulfone groups is 1. The second-order valence-electron chi connectivity index (χ2n) is 10.8. The number of nitrogens with two attached hydrogens (primary N) is 1. The molecule has 13 nitrogen and oxygen atoms in total. The number of halogens is 1. The van der Waals surface area contributed by atoms with E-state index in [1.807, 2.05) is 25.7 Å². The standard InChI is InChI=1S/C28H32FN9O4S/c1-7-21(39)36-10-11-37(16(4)14-36)26-17-12-18(29)23(24-19(30)13-32-35(24)5)33-27(17)38(28(40)34-26)25-20(43(6,41)42)8-9-31-22(25)15(2)3/h7-9,12-13,15-16H,1,10-11,14,30H2,2-6H3/t16-/m0/s1. The van der Waals surface area contributed by atoms with E-state index in [1.54, 1.807) is 11.9 Å². The van der Waals surface area contributed by atoms with Crippen molar-refractivity contribution in [3.05, 3.63) is 59.2 Å². The summed E-state index contributed by atoms with van der Waals surface area (Å²) in [5.74, 6) is -1.12. The molecule has 0 aliphatic carbocycles. The van der Waals surface area contributed by atoms with Crippen molar-refractivity contribution >= 4 is 38.3 Å². The van der Waals surface area contributed by atoms with Crippen molar-refractivity contribution in [2.45, 2.75) is 37.6 Å². The first-order valence-corrected chi connectivity index (χ1v) is 15.4. The molecule has 2 N–H and O–H groups in total. The second kappa shape index (κ2) is 10.9. The number of rotatable bonds is 6. The van der Waals surface area contributed by atoms with E-state index in [2.05, 4.69) is 26.6 Å². The van der Waals surface area contributed by atoms with E-state index < -0.39 is 21.3 Å². The average molecular weight is 610 g/mol. The van der Waals surface area contributed by atoms with Crippen LogP contribution in [-0.4, -0.2) is 80.5 Å². The van der Waals surface area contributed by atoms with Crippen LogP contribution in [0.1, 0.15) is 32.4 Å². The maximum Gasteiger partial charge on any atom is 0.355 e. The molecule has 1 aliphatic heterocycles. The number of carbonyl (C=O) groups excluding carboxylic acids is 1. The van der Waals surface area contributed by atoms with Gasteiger partial charge in [-0.1, -0.05) is 20.4 Å². The first-order chi connectivity index (χ1) is 20.2. The van der Waals surface area contributed by atoms with Gasteiger partial charge in [-0.2, -0.15) is 10.1 Å². The molecule has 15 heteroatoms. The normalized spacial score (nSPS) is 15.8. The average Bonchev–Trinajstić information content (AvgIpc) is 3.28. The van der Waals surface area contributed by atoms with Crippen LogP contribution < -0.4 is 16.3 Å². The highest BCUT2D eigenvalue weighted by molar-refractivity contribution is 7.90. The molecule has 0 radical (unpaired) electrons. The monoisotopic (exact) mass is 609 g/mol. The number of fused-ring (bicyclic) bond motifs is 1. The second-order valence-corrected chi connectivity index (χ2v) is 12.8. The minimum Gasteiger partial charge on any atom is -0.396 e. The molecule has 1 fully saturated rings. The van der Waals surface area contributed by atoms with Crippen LogP contribution in [0.15, 0.2) is 46.9 Å². The molecule has 5 heterocycles. The fourth-order valence-corrected chi connectivity index (χ4v) is 6.29. The number of nitrogen functional groups attached to an aromatic ring is 1. The Morgan fingerprint density at radius 3 is 2.56 bits per heavy atom. The first-order valence-electron chi connectivity index (χ1n) is 13.5. The fraction of sp³-hybridized carbons (Fsp3) is 0.357. The zero-order valence-electron chi connectivity index (χ0n) is 24.4. The quantitative estimate of drug-likeness (QED) is 0.320. The lowest BCUT2D eigenvalue weighted by molar-refractivity contribution is -0.126. The Bertz CT molecular complexity index is 1930. The number of aromatic nitrogens is 6. The number of amides is 1. The highest BCUT2D eigenvalue weighted by Crippen LogP contribution is 2.35. The predicted octanol–water partition coefficient (Wildman–Crippen LogP) is 2.05. The van der Waals surface area contributed by atoms with E-state index in [0.717, 1.165) is 10.8 Å². The van der Waals surface area contributed by atoms with Gasteiger partial charge in [0.1, 0.15) is 17.2 Å². The third-order valence-electron chi connectivity index (χ3n) is 7.46. The molecule has 4 aromatic heterocycles. The number of nitrogens with zero attached hydrogens (tertiary/aromatic N) is 8. The number of hydrogen-bond donors (Lipinski definition) is 1. The van der Waals surface area contributed by atoms with Gasteiger partial charge in [0, 0.05) is 45.2 Å². The van der Waals surface area contributed by atoms with E-state index in [0.29, 0.717) is 25.3 Å². The first kappa shape index (κ1) is 29.8. The van der Waals surface area contributed by atoms with Crippen molar-refractivity contribution in [1.29, 1.82) is 0 Å². The molecule has 1 atom stereocenters. The van der Waals surface area contributed by atoms with E-state index in [-0.39, 0.29) is 62.4 Å². The zero-order valence-corrected chi connectivity index (χ0v) is 25.3. The largest absolute Gasteiger partial charge is 0.396 e. The predicted molar refractivity (Wildman–Crippen MR) is 160 cm³/mol. The Hall–Kier alpha value is -4.66. The molecule has 226 valence electrons. The van der Waals surface area contributed by atoms with Gasteiger partial charge in [0.25, 0.3) is 0 Å². The van der Waals surface area contributed by atoms with Crippen molar-refractivity contribution in [3.63, 3.8) is 0 Å². The molecule has 0 bridgehead atoms. The van der Waals surface area contributed by atoms with Crippen LogP contribution in [0.5, 0.6) is 0 Å². The van der Waals surface area contributed by atoms with Crippen molar-refractivity contribution in [2.24, 2.45) is 7.05 Å².